The number of hydrogen-bond acceptors (Lipinski definition) is 1. The third-order valence-electron chi connectivity index (χ3n) is 1.57. The van der Waals surface area contributed by atoms with Gasteiger partial charge in [0, 0.05) is 6.04 Å². The first-order valence-corrected chi connectivity index (χ1v) is 3.39. The number of amides is 1. The molecule has 1 aliphatic rings. The third kappa shape index (κ3) is 2.32. The van der Waals surface area contributed by atoms with Crippen LogP contribution in [-0.2, 0) is 0 Å². The van der Waals surface area contributed by atoms with Crippen molar-refractivity contribution in [3.8, 4) is 0 Å². The summed E-state index contributed by atoms with van der Waals surface area (Å²) in [7, 11) is 0. The highest BCUT2D eigenvalue weighted by Gasteiger charge is 2.33. The Morgan fingerprint density at radius 3 is 2.45 bits per heavy atom. The van der Waals surface area contributed by atoms with Crippen molar-refractivity contribution in [2.45, 2.75) is 25.3 Å². The Balaban J connectivity index is 2.38. The van der Waals surface area contributed by atoms with E-state index < -0.39 is 19.1 Å². The SMILES string of the molecule is O=C(O)N(CC(F)F)C1CC1. The molecule has 1 N–H and O–H groups in total. The summed E-state index contributed by atoms with van der Waals surface area (Å²) in [5.41, 5.74) is 0. The van der Waals surface area contributed by atoms with Crippen molar-refractivity contribution in [3.63, 3.8) is 0 Å². The highest BCUT2D eigenvalue weighted by Crippen LogP contribution is 2.27. The average Bonchev–Trinajstić information content (AvgIpc) is 2.63. The van der Waals surface area contributed by atoms with E-state index in [0.29, 0.717) is 0 Å². The third-order valence-corrected chi connectivity index (χ3v) is 1.57. The van der Waals surface area contributed by atoms with Crippen LogP contribution < -0.4 is 0 Å². The van der Waals surface area contributed by atoms with Gasteiger partial charge in [0.1, 0.15) is 0 Å². The topological polar surface area (TPSA) is 40.5 Å². The fraction of sp³-hybridized carbons (Fsp3) is 0.833. The summed E-state index contributed by atoms with van der Waals surface area (Å²) in [5.74, 6) is 0. The van der Waals surface area contributed by atoms with Crippen LogP contribution in [0.15, 0.2) is 0 Å². The van der Waals surface area contributed by atoms with Gasteiger partial charge < -0.3 is 5.11 Å². The molecule has 0 saturated heterocycles. The van der Waals surface area contributed by atoms with Crippen LogP contribution >= 0.6 is 0 Å². The maximum atomic E-state index is 11.7. The standard InChI is InChI=1S/C6H9F2NO2/c7-5(8)3-9(6(10)11)4-1-2-4/h4-5H,1-3H2,(H,10,11). The number of halogens is 2. The number of nitrogens with zero attached hydrogens (tertiary/aromatic N) is 1. The largest absolute Gasteiger partial charge is 0.465 e. The van der Waals surface area contributed by atoms with Gasteiger partial charge in [0.25, 0.3) is 6.43 Å². The van der Waals surface area contributed by atoms with E-state index in [2.05, 4.69) is 0 Å². The Hall–Kier alpha value is -0.870. The molecule has 0 aromatic rings. The molecule has 3 nitrogen and oxygen atoms in total. The number of carboxylic acid groups (broad SMARTS) is 1. The first-order chi connectivity index (χ1) is 5.11. The molecule has 0 aliphatic heterocycles. The molecule has 0 aromatic heterocycles. The Bertz CT molecular complexity index is 159. The fourth-order valence-corrected chi connectivity index (χ4v) is 0.918. The number of alkyl halides is 2. The summed E-state index contributed by atoms with van der Waals surface area (Å²) in [6, 6.07) is -0.151. The maximum Gasteiger partial charge on any atom is 0.407 e. The normalized spacial score (nSPS) is 17.0. The summed E-state index contributed by atoms with van der Waals surface area (Å²) >= 11 is 0. The van der Waals surface area contributed by atoms with Gasteiger partial charge in [-0.05, 0) is 12.8 Å². The fourth-order valence-electron chi connectivity index (χ4n) is 0.918. The molecule has 0 atom stereocenters. The zero-order valence-corrected chi connectivity index (χ0v) is 5.83. The molecular weight excluding hydrogens is 156 g/mol. The van der Waals surface area contributed by atoms with Crippen LogP contribution in [-0.4, -0.2) is 35.1 Å². The second kappa shape index (κ2) is 3.02. The summed E-state index contributed by atoms with van der Waals surface area (Å²) < 4.78 is 23.5. The molecule has 0 unspecified atom stereocenters. The van der Waals surface area contributed by atoms with Gasteiger partial charge in [-0.1, -0.05) is 0 Å². The molecule has 1 amide bonds. The van der Waals surface area contributed by atoms with E-state index in [-0.39, 0.29) is 6.04 Å². The van der Waals surface area contributed by atoms with Crippen molar-refractivity contribution in [3.05, 3.63) is 0 Å². The second-order valence-corrected chi connectivity index (χ2v) is 2.56. The van der Waals surface area contributed by atoms with Crippen molar-refractivity contribution in [2.75, 3.05) is 6.54 Å². The van der Waals surface area contributed by atoms with Gasteiger partial charge in [0.15, 0.2) is 0 Å². The second-order valence-electron chi connectivity index (χ2n) is 2.56. The lowest BCUT2D eigenvalue weighted by Gasteiger charge is -2.17. The van der Waals surface area contributed by atoms with Gasteiger partial charge >= 0.3 is 6.09 Å². The quantitative estimate of drug-likeness (QED) is 0.686. The minimum absolute atomic E-state index is 0.151. The molecule has 0 radical (unpaired) electrons. The molecule has 1 fully saturated rings. The van der Waals surface area contributed by atoms with Crippen molar-refractivity contribution in [1.82, 2.24) is 4.90 Å². The lowest BCUT2D eigenvalue weighted by molar-refractivity contribution is 0.0766. The molecule has 0 heterocycles. The van der Waals surface area contributed by atoms with E-state index in [1.807, 2.05) is 0 Å². The summed E-state index contributed by atoms with van der Waals surface area (Å²) in [6.45, 7) is -0.653. The van der Waals surface area contributed by atoms with Crippen LogP contribution in [0.5, 0.6) is 0 Å². The molecular formula is C6H9F2NO2. The summed E-state index contributed by atoms with van der Waals surface area (Å²) in [4.78, 5) is 11.1. The minimum atomic E-state index is -2.56. The van der Waals surface area contributed by atoms with Crippen molar-refractivity contribution in [2.24, 2.45) is 0 Å². The molecule has 1 rings (SSSR count). The number of carbonyl (C=O) groups is 1. The molecule has 11 heavy (non-hydrogen) atoms. The Kier molecular flexibility index (Phi) is 2.26. The van der Waals surface area contributed by atoms with E-state index in [1.165, 1.54) is 0 Å². The van der Waals surface area contributed by atoms with Crippen LogP contribution in [0.3, 0.4) is 0 Å². The first kappa shape index (κ1) is 8.23. The molecule has 64 valence electrons. The molecule has 0 aromatic carbocycles. The van der Waals surface area contributed by atoms with Crippen LogP contribution in [0.4, 0.5) is 13.6 Å². The van der Waals surface area contributed by atoms with Crippen molar-refractivity contribution in [1.29, 1.82) is 0 Å². The van der Waals surface area contributed by atoms with Gasteiger partial charge in [-0.25, -0.2) is 13.6 Å². The van der Waals surface area contributed by atoms with Crippen LogP contribution in [0.1, 0.15) is 12.8 Å². The monoisotopic (exact) mass is 165 g/mol. The van der Waals surface area contributed by atoms with Gasteiger partial charge in [-0.3, -0.25) is 4.90 Å². The summed E-state index contributed by atoms with van der Waals surface area (Å²) in [5, 5.41) is 8.43. The van der Waals surface area contributed by atoms with E-state index in [1.54, 1.807) is 0 Å². The van der Waals surface area contributed by atoms with E-state index in [9.17, 15) is 13.6 Å². The van der Waals surface area contributed by atoms with E-state index in [4.69, 9.17) is 5.11 Å². The van der Waals surface area contributed by atoms with Gasteiger partial charge in [-0.2, -0.15) is 0 Å². The van der Waals surface area contributed by atoms with E-state index >= 15 is 0 Å². The Morgan fingerprint density at radius 1 is 1.64 bits per heavy atom. The molecule has 0 spiro atoms. The van der Waals surface area contributed by atoms with Crippen molar-refractivity contribution < 1.29 is 18.7 Å². The van der Waals surface area contributed by atoms with Crippen molar-refractivity contribution >= 4 is 6.09 Å². The van der Waals surface area contributed by atoms with Gasteiger partial charge in [0.05, 0.1) is 6.54 Å². The van der Waals surface area contributed by atoms with E-state index in [0.717, 1.165) is 17.7 Å². The summed E-state index contributed by atoms with van der Waals surface area (Å²) in [6.07, 6.45) is -2.36. The smallest absolute Gasteiger partial charge is 0.407 e. The van der Waals surface area contributed by atoms with Crippen LogP contribution in [0.25, 0.3) is 0 Å². The van der Waals surface area contributed by atoms with Crippen LogP contribution in [0, 0.1) is 0 Å². The number of hydrogen-bond donors (Lipinski definition) is 1. The predicted molar refractivity (Wildman–Crippen MR) is 33.8 cm³/mol. The maximum absolute atomic E-state index is 11.7. The first-order valence-electron chi connectivity index (χ1n) is 3.39. The molecule has 1 aliphatic carbocycles. The molecule has 1 saturated carbocycles. The zero-order valence-electron chi connectivity index (χ0n) is 5.83. The Morgan fingerprint density at radius 2 is 2.18 bits per heavy atom. The molecule has 5 heteroatoms. The predicted octanol–water partition coefficient (Wildman–Crippen LogP) is 1.39. The molecule has 0 bridgehead atoms. The zero-order chi connectivity index (χ0) is 8.43. The highest BCUT2D eigenvalue weighted by atomic mass is 19.3. The lowest BCUT2D eigenvalue weighted by Crippen LogP contribution is -2.35. The minimum Gasteiger partial charge on any atom is -0.465 e. The Labute approximate surface area is 62.6 Å². The average molecular weight is 165 g/mol. The van der Waals surface area contributed by atoms with Crippen LogP contribution in [0.2, 0.25) is 0 Å². The van der Waals surface area contributed by atoms with Gasteiger partial charge in [-0.15, -0.1) is 0 Å². The number of rotatable bonds is 3. The lowest BCUT2D eigenvalue weighted by atomic mass is 10.5. The highest BCUT2D eigenvalue weighted by molar-refractivity contribution is 5.65. The van der Waals surface area contributed by atoms with Gasteiger partial charge in [0.2, 0.25) is 0 Å².